The van der Waals surface area contributed by atoms with Crippen LogP contribution in [0.25, 0.3) is 0 Å². The highest BCUT2D eigenvalue weighted by Gasteiger charge is 2.17. The number of carbonyl (C=O) groups excluding carboxylic acids is 1. The fourth-order valence-electron chi connectivity index (χ4n) is 1.42. The topological polar surface area (TPSA) is 98.0 Å². The van der Waals surface area contributed by atoms with Gasteiger partial charge in [-0.15, -0.1) is 0 Å². The molecule has 8 heteroatoms. The van der Waals surface area contributed by atoms with E-state index >= 15 is 0 Å². The molecule has 0 radical (unpaired) electrons. The number of nitro groups is 1. The van der Waals surface area contributed by atoms with E-state index in [0.29, 0.717) is 17.5 Å². The second-order valence-electron chi connectivity index (χ2n) is 3.46. The summed E-state index contributed by atoms with van der Waals surface area (Å²) in [6, 6.07) is 6.54. The maximum atomic E-state index is 10.9. The highest BCUT2D eigenvalue weighted by molar-refractivity contribution is 6.28. The predicted octanol–water partition coefficient (Wildman–Crippen LogP) is 2.59. The molecule has 0 amide bonds. The highest BCUT2D eigenvalue weighted by Crippen LogP contribution is 2.26. The number of halogens is 1. The molecule has 1 aromatic heterocycles. The number of anilines is 2. The molecule has 1 N–H and O–H groups in total. The molecule has 0 bridgehead atoms. The molecule has 0 fully saturated rings. The first-order valence-corrected chi connectivity index (χ1v) is 5.48. The van der Waals surface area contributed by atoms with Crippen LogP contribution in [-0.4, -0.2) is 21.2 Å². The summed E-state index contributed by atoms with van der Waals surface area (Å²) in [6.07, 6.45) is 1.64. The minimum Gasteiger partial charge on any atom is -0.334 e. The number of aromatic nitrogens is 2. The van der Waals surface area contributed by atoms with Gasteiger partial charge < -0.3 is 5.32 Å². The average molecular weight is 279 g/mol. The fraction of sp³-hybridized carbons (Fsp3) is 0. The first-order chi connectivity index (χ1) is 9.11. The van der Waals surface area contributed by atoms with Crippen molar-refractivity contribution in [3.05, 3.63) is 51.4 Å². The molecule has 19 heavy (non-hydrogen) atoms. The van der Waals surface area contributed by atoms with Crippen LogP contribution in [0.1, 0.15) is 10.4 Å². The van der Waals surface area contributed by atoms with Crippen LogP contribution in [0.4, 0.5) is 17.2 Å². The van der Waals surface area contributed by atoms with Crippen molar-refractivity contribution < 1.29 is 9.72 Å². The van der Waals surface area contributed by atoms with Gasteiger partial charge in [-0.05, 0) is 23.7 Å². The quantitative estimate of drug-likeness (QED) is 0.399. The van der Waals surface area contributed by atoms with Gasteiger partial charge in [-0.1, -0.05) is 12.1 Å². The third kappa shape index (κ3) is 2.83. The first kappa shape index (κ1) is 12.9. The molecule has 0 saturated carbocycles. The van der Waals surface area contributed by atoms with Gasteiger partial charge in [0.2, 0.25) is 11.1 Å². The van der Waals surface area contributed by atoms with Crippen molar-refractivity contribution in [1.29, 1.82) is 0 Å². The monoisotopic (exact) mass is 278 g/mol. The molecule has 1 heterocycles. The molecule has 96 valence electrons. The van der Waals surface area contributed by atoms with Crippen LogP contribution in [0.3, 0.4) is 0 Å². The van der Waals surface area contributed by atoms with Crippen LogP contribution in [0.15, 0.2) is 30.5 Å². The van der Waals surface area contributed by atoms with E-state index in [9.17, 15) is 14.9 Å². The van der Waals surface area contributed by atoms with Crippen molar-refractivity contribution in [2.75, 3.05) is 5.32 Å². The lowest BCUT2D eigenvalue weighted by Gasteiger charge is -2.07. The lowest BCUT2D eigenvalue weighted by Crippen LogP contribution is -2.02. The van der Waals surface area contributed by atoms with Crippen LogP contribution in [0.5, 0.6) is 0 Å². The lowest BCUT2D eigenvalue weighted by atomic mass is 10.2. The minimum absolute atomic E-state index is 0.0701. The second kappa shape index (κ2) is 5.40. The first-order valence-electron chi connectivity index (χ1n) is 5.10. The molecule has 7 nitrogen and oxygen atoms in total. The summed E-state index contributed by atoms with van der Waals surface area (Å²) >= 11 is 5.61. The zero-order valence-corrected chi connectivity index (χ0v) is 10.2. The normalized spacial score (nSPS) is 9.95. The van der Waals surface area contributed by atoms with Crippen molar-refractivity contribution in [3.63, 3.8) is 0 Å². The zero-order valence-electron chi connectivity index (χ0n) is 9.41. The van der Waals surface area contributed by atoms with Crippen LogP contribution < -0.4 is 5.32 Å². The summed E-state index contributed by atoms with van der Waals surface area (Å²) in [4.78, 5) is 28.4. The van der Waals surface area contributed by atoms with E-state index in [1.165, 1.54) is 0 Å². The van der Waals surface area contributed by atoms with Crippen LogP contribution in [-0.2, 0) is 0 Å². The fourth-order valence-corrected chi connectivity index (χ4v) is 1.55. The Balaban J connectivity index is 2.45. The van der Waals surface area contributed by atoms with Gasteiger partial charge in [0.05, 0.1) is 10.6 Å². The average Bonchev–Trinajstić information content (AvgIpc) is 2.39. The maximum absolute atomic E-state index is 10.9. The third-order valence-electron chi connectivity index (χ3n) is 2.28. The zero-order chi connectivity index (χ0) is 13.8. The van der Waals surface area contributed by atoms with E-state index in [2.05, 4.69) is 15.3 Å². The van der Waals surface area contributed by atoms with Gasteiger partial charge in [0.1, 0.15) is 6.20 Å². The molecule has 1 aromatic carbocycles. The SMILES string of the molecule is O=Cc1ccccc1Nc1nc(Cl)ncc1[N+](=O)[O-]. The Kier molecular flexibility index (Phi) is 3.67. The Hall–Kier alpha value is -2.54. The highest BCUT2D eigenvalue weighted by atomic mass is 35.5. The van der Waals surface area contributed by atoms with Crippen LogP contribution >= 0.6 is 11.6 Å². The van der Waals surface area contributed by atoms with Gasteiger partial charge in [0, 0.05) is 5.56 Å². The Morgan fingerprint density at radius 2 is 2.11 bits per heavy atom. The van der Waals surface area contributed by atoms with Crippen LogP contribution in [0, 0.1) is 10.1 Å². The smallest absolute Gasteiger partial charge is 0.329 e. The molecule has 2 aromatic rings. The summed E-state index contributed by atoms with van der Waals surface area (Å²) in [5, 5.41) is 13.4. The summed E-state index contributed by atoms with van der Waals surface area (Å²) in [5.41, 5.74) is 0.423. The Morgan fingerprint density at radius 3 is 2.79 bits per heavy atom. The van der Waals surface area contributed by atoms with E-state index in [1.807, 2.05) is 0 Å². The largest absolute Gasteiger partial charge is 0.334 e. The van der Waals surface area contributed by atoms with Gasteiger partial charge in [-0.3, -0.25) is 14.9 Å². The minimum atomic E-state index is -0.637. The van der Waals surface area contributed by atoms with Crippen molar-refractivity contribution in [1.82, 2.24) is 9.97 Å². The molecule has 2 rings (SSSR count). The molecule has 0 spiro atoms. The number of carbonyl (C=O) groups is 1. The van der Waals surface area contributed by atoms with Crippen molar-refractivity contribution in [2.24, 2.45) is 0 Å². The molecule has 0 atom stereocenters. The molecule has 0 aliphatic heterocycles. The van der Waals surface area contributed by atoms with Crippen molar-refractivity contribution in [3.8, 4) is 0 Å². The predicted molar refractivity (Wildman–Crippen MR) is 68.8 cm³/mol. The number of rotatable bonds is 4. The number of aldehydes is 1. The molecular weight excluding hydrogens is 272 g/mol. The van der Waals surface area contributed by atoms with E-state index < -0.39 is 4.92 Å². The number of para-hydroxylation sites is 1. The number of nitrogens with one attached hydrogen (secondary N) is 1. The number of nitrogens with zero attached hydrogens (tertiary/aromatic N) is 3. The maximum Gasteiger partial charge on any atom is 0.329 e. The molecule has 0 aliphatic carbocycles. The molecule has 0 aliphatic rings. The van der Waals surface area contributed by atoms with Crippen LogP contribution in [0.2, 0.25) is 5.28 Å². The molecule has 0 saturated heterocycles. The van der Waals surface area contributed by atoms with E-state index in [1.54, 1.807) is 24.3 Å². The van der Waals surface area contributed by atoms with E-state index in [4.69, 9.17) is 11.6 Å². The van der Waals surface area contributed by atoms with Crippen molar-refractivity contribution >= 4 is 35.1 Å². The number of benzene rings is 1. The standard InChI is InChI=1S/C11H7ClN4O3/c12-11-13-5-9(16(18)19)10(15-11)14-8-4-2-1-3-7(8)6-17/h1-6H,(H,13,14,15). The Bertz CT molecular complexity index is 648. The Labute approximate surface area is 112 Å². The number of hydrogen-bond acceptors (Lipinski definition) is 6. The van der Waals surface area contributed by atoms with Gasteiger partial charge in [0.15, 0.2) is 6.29 Å². The summed E-state index contributed by atoms with van der Waals surface area (Å²) < 4.78 is 0. The van der Waals surface area contributed by atoms with E-state index in [-0.39, 0.29) is 16.8 Å². The Morgan fingerprint density at radius 1 is 1.37 bits per heavy atom. The molecular formula is C11H7ClN4O3. The van der Waals surface area contributed by atoms with Gasteiger partial charge in [-0.2, -0.15) is 4.98 Å². The van der Waals surface area contributed by atoms with Gasteiger partial charge in [0.25, 0.3) is 0 Å². The second-order valence-corrected chi connectivity index (χ2v) is 3.80. The number of hydrogen-bond donors (Lipinski definition) is 1. The van der Waals surface area contributed by atoms with E-state index in [0.717, 1.165) is 6.20 Å². The summed E-state index contributed by atoms with van der Waals surface area (Å²) in [7, 11) is 0. The van der Waals surface area contributed by atoms with Gasteiger partial charge >= 0.3 is 5.69 Å². The molecule has 0 unspecified atom stereocenters. The van der Waals surface area contributed by atoms with Crippen molar-refractivity contribution in [2.45, 2.75) is 0 Å². The lowest BCUT2D eigenvalue weighted by molar-refractivity contribution is -0.384. The summed E-state index contributed by atoms with van der Waals surface area (Å²) in [6.45, 7) is 0. The van der Waals surface area contributed by atoms with Gasteiger partial charge in [-0.25, -0.2) is 4.98 Å². The third-order valence-corrected chi connectivity index (χ3v) is 2.46. The summed E-state index contributed by atoms with van der Waals surface area (Å²) in [5.74, 6) is -0.0701.